The van der Waals surface area contributed by atoms with Crippen molar-refractivity contribution in [2.75, 3.05) is 6.61 Å². The Balaban J connectivity index is 1.79. The zero-order valence-corrected chi connectivity index (χ0v) is 13.6. The lowest BCUT2D eigenvalue weighted by atomic mass is 9.97. The molecule has 22 heavy (non-hydrogen) atoms. The molecule has 0 amide bonds. The van der Waals surface area contributed by atoms with Gasteiger partial charge in [0.05, 0.1) is 18.8 Å². The van der Waals surface area contributed by atoms with Gasteiger partial charge in [-0.25, -0.2) is 0 Å². The second-order valence-electron chi connectivity index (χ2n) is 6.06. The number of benzene rings is 1. The van der Waals surface area contributed by atoms with Crippen molar-refractivity contribution in [2.45, 2.75) is 52.6 Å². The third kappa shape index (κ3) is 3.17. The van der Waals surface area contributed by atoms with E-state index < -0.39 is 0 Å². The van der Waals surface area contributed by atoms with Crippen molar-refractivity contribution in [2.24, 2.45) is 0 Å². The highest BCUT2D eigenvalue weighted by molar-refractivity contribution is 5.46. The van der Waals surface area contributed by atoms with Gasteiger partial charge in [-0.1, -0.05) is 29.8 Å². The van der Waals surface area contributed by atoms with Crippen LogP contribution in [0.1, 0.15) is 54.0 Å². The summed E-state index contributed by atoms with van der Waals surface area (Å²) in [6.45, 7) is 7.83. The molecule has 1 aliphatic heterocycles. The quantitative estimate of drug-likeness (QED) is 0.931. The summed E-state index contributed by atoms with van der Waals surface area (Å²) >= 11 is 0. The molecular weight excluding hydrogens is 276 g/mol. The minimum Gasteiger partial charge on any atom is -0.493 e. The molecule has 0 bridgehead atoms. The highest BCUT2D eigenvalue weighted by atomic mass is 16.5. The lowest BCUT2D eigenvalue weighted by Crippen LogP contribution is -2.20. The maximum absolute atomic E-state index is 5.96. The van der Waals surface area contributed by atoms with E-state index >= 15 is 0 Å². The van der Waals surface area contributed by atoms with Crippen LogP contribution in [-0.2, 0) is 13.0 Å². The summed E-state index contributed by atoms with van der Waals surface area (Å²) in [5.41, 5.74) is 4.77. The maximum Gasteiger partial charge on any atom is 0.150 e. The van der Waals surface area contributed by atoms with E-state index in [1.54, 1.807) is 0 Å². The zero-order valence-electron chi connectivity index (χ0n) is 13.6. The lowest BCUT2D eigenvalue weighted by molar-refractivity contribution is 0.312. The Morgan fingerprint density at radius 3 is 2.91 bits per heavy atom. The van der Waals surface area contributed by atoms with Gasteiger partial charge in [0.25, 0.3) is 0 Å². The summed E-state index contributed by atoms with van der Waals surface area (Å²) in [5.74, 6) is 1.94. The number of ether oxygens (including phenoxy) is 1. The molecule has 4 nitrogen and oxygen atoms in total. The Morgan fingerprint density at radius 2 is 2.14 bits per heavy atom. The van der Waals surface area contributed by atoms with Gasteiger partial charge in [0.15, 0.2) is 5.76 Å². The van der Waals surface area contributed by atoms with Crippen molar-refractivity contribution in [1.29, 1.82) is 0 Å². The molecular formula is C18H24N2O2. The molecule has 0 radical (unpaired) electrons. The lowest BCUT2D eigenvalue weighted by Gasteiger charge is -2.19. The highest BCUT2D eigenvalue weighted by Gasteiger charge is 2.21. The van der Waals surface area contributed by atoms with E-state index in [1.807, 2.05) is 6.07 Å². The van der Waals surface area contributed by atoms with Crippen LogP contribution >= 0.6 is 0 Å². The minimum absolute atomic E-state index is 0.297. The van der Waals surface area contributed by atoms with Gasteiger partial charge in [-0.2, -0.15) is 0 Å². The van der Waals surface area contributed by atoms with Crippen LogP contribution < -0.4 is 10.1 Å². The fourth-order valence-corrected chi connectivity index (χ4v) is 3.10. The molecule has 3 rings (SSSR count). The molecule has 1 N–H and O–H groups in total. The molecule has 2 heterocycles. The molecule has 4 heteroatoms. The second kappa shape index (κ2) is 6.53. The highest BCUT2D eigenvalue weighted by Crippen LogP contribution is 2.35. The Bertz CT molecular complexity index is 649. The van der Waals surface area contributed by atoms with Crippen LogP contribution in [-0.4, -0.2) is 11.8 Å². The van der Waals surface area contributed by atoms with Gasteiger partial charge in [0, 0.05) is 17.7 Å². The van der Waals surface area contributed by atoms with E-state index in [0.29, 0.717) is 12.6 Å². The van der Waals surface area contributed by atoms with Crippen molar-refractivity contribution in [3.8, 4) is 5.75 Å². The van der Waals surface area contributed by atoms with E-state index in [1.165, 1.54) is 16.7 Å². The molecule has 1 aliphatic rings. The zero-order chi connectivity index (χ0) is 15.5. The van der Waals surface area contributed by atoms with Crippen LogP contribution in [0.15, 0.2) is 22.7 Å². The maximum atomic E-state index is 5.96. The molecule has 0 fully saturated rings. The van der Waals surface area contributed by atoms with Crippen molar-refractivity contribution < 1.29 is 9.26 Å². The number of nitrogens with zero attached hydrogens (tertiary/aromatic N) is 1. The Kier molecular flexibility index (Phi) is 4.48. The van der Waals surface area contributed by atoms with Gasteiger partial charge < -0.3 is 14.6 Å². The van der Waals surface area contributed by atoms with Crippen LogP contribution in [0.5, 0.6) is 5.75 Å². The van der Waals surface area contributed by atoms with Crippen LogP contribution in [0, 0.1) is 13.8 Å². The van der Waals surface area contributed by atoms with Crippen LogP contribution in [0.25, 0.3) is 0 Å². The SMILES string of the molecule is CCc1cc(CN[C@@H]2CCCOc3c(C)cc(C)cc32)on1. The first-order chi connectivity index (χ1) is 10.7. The van der Waals surface area contributed by atoms with E-state index in [4.69, 9.17) is 9.26 Å². The van der Waals surface area contributed by atoms with Gasteiger partial charge in [0.1, 0.15) is 5.75 Å². The van der Waals surface area contributed by atoms with Gasteiger partial charge in [-0.15, -0.1) is 0 Å². The van der Waals surface area contributed by atoms with Crippen LogP contribution in [0.3, 0.4) is 0 Å². The molecule has 0 unspecified atom stereocenters. The molecule has 2 aromatic rings. The topological polar surface area (TPSA) is 47.3 Å². The van der Waals surface area contributed by atoms with Crippen LogP contribution in [0.2, 0.25) is 0 Å². The second-order valence-corrected chi connectivity index (χ2v) is 6.06. The Hall–Kier alpha value is -1.81. The predicted molar refractivity (Wildman–Crippen MR) is 86.1 cm³/mol. The minimum atomic E-state index is 0.297. The van der Waals surface area contributed by atoms with Gasteiger partial charge >= 0.3 is 0 Å². The standard InChI is InChI=1S/C18H24N2O2/c1-4-14-10-15(22-20-14)11-19-17-6-5-7-21-18-13(3)8-12(2)9-16(17)18/h8-10,17,19H,4-7,11H2,1-3H3/t17-/m1/s1. The van der Waals surface area contributed by atoms with Gasteiger partial charge in [-0.3, -0.25) is 0 Å². The Labute approximate surface area is 131 Å². The number of fused-ring (bicyclic) bond motifs is 1. The molecule has 1 aromatic heterocycles. The van der Waals surface area contributed by atoms with Gasteiger partial charge in [-0.05, 0) is 38.7 Å². The fourth-order valence-electron chi connectivity index (χ4n) is 3.10. The largest absolute Gasteiger partial charge is 0.493 e. The summed E-state index contributed by atoms with van der Waals surface area (Å²) in [5, 5.41) is 7.66. The number of hydrogen-bond acceptors (Lipinski definition) is 4. The summed E-state index contributed by atoms with van der Waals surface area (Å²) in [7, 11) is 0. The summed E-state index contributed by atoms with van der Waals surface area (Å²) < 4.78 is 11.3. The number of hydrogen-bond donors (Lipinski definition) is 1. The third-order valence-electron chi connectivity index (χ3n) is 4.20. The van der Waals surface area contributed by atoms with E-state index in [0.717, 1.165) is 43.1 Å². The molecule has 0 aliphatic carbocycles. The molecule has 1 aromatic carbocycles. The number of aryl methyl sites for hydroxylation is 3. The molecule has 0 saturated carbocycles. The summed E-state index contributed by atoms with van der Waals surface area (Å²) in [4.78, 5) is 0. The normalized spacial score (nSPS) is 17.7. The monoisotopic (exact) mass is 300 g/mol. The molecule has 0 spiro atoms. The van der Waals surface area contributed by atoms with Crippen LogP contribution in [0.4, 0.5) is 0 Å². The Morgan fingerprint density at radius 1 is 1.27 bits per heavy atom. The number of rotatable bonds is 4. The van der Waals surface area contributed by atoms with E-state index in [2.05, 4.69) is 43.4 Å². The van der Waals surface area contributed by atoms with E-state index in [9.17, 15) is 0 Å². The smallest absolute Gasteiger partial charge is 0.150 e. The fraction of sp³-hybridized carbons (Fsp3) is 0.500. The summed E-state index contributed by atoms with van der Waals surface area (Å²) in [6.07, 6.45) is 3.04. The molecule has 0 saturated heterocycles. The number of nitrogens with one attached hydrogen (secondary N) is 1. The molecule has 118 valence electrons. The first-order valence-corrected chi connectivity index (χ1v) is 8.09. The van der Waals surface area contributed by atoms with E-state index in [-0.39, 0.29) is 0 Å². The summed E-state index contributed by atoms with van der Waals surface area (Å²) in [6, 6.07) is 6.75. The van der Waals surface area contributed by atoms with Crippen molar-refractivity contribution >= 4 is 0 Å². The van der Waals surface area contributed by atoms with Crippen molar-refractivity contribution in [3.63, 3.8) is 0 Å². The average molecular weight is 300 g/mol. The van der Waals surface area contributed by atoms with Gasteiger partial charge in [0.2, 0.25) is 0 Å². The first kappa shape index (κ1) is 15.1. The molecule has 1 atom stereocenters. The third-order valence-corrected chi connectivity index (χ3v) is 4.20. The van der Waals surface area contributed by atoms with Crippen molar-refractivity contribution in [3.05, 3.63) is 46.3 Å². The average Bonchev–Trinajstić information content (AvgIpc) is 2.86. The van der Waals surface area contributed by atoms with Crippen molar-refractivity contribution in [1.82, 2.24) is 10.5 Å². The predicted octanol–water partition coefficient (Wildman–Crippen LogP) is 3.86. The number of aromatic nitrogens is 1. The first-order valence-electron chi connectivity index (χ1n) is 8.09.